The molecule has 0 aliphatic rings. The van der Waals surface area contributed by atoms with Crippen LogP contribution in [0.15, 0.2) is 24.3 Å². The van der Waals surface area contributed by atoms with Crippen LogP contribution in [0, 0.1) is 6.92 Å². The second kappa shape index (κ2) is 8.12. The monoisotopic (exact) mass is 358 g/mol. The first-order valence-corrected chi connectivity index (χ1v) is 8.78. The van der Waals surface area contributed by atoms with E-state index < -0.39 is 5.97 Å². The Morgan fingerprint density at radius 1 is 1.19 bits per heavy atom. The van der Waals surface area contributed by atoms with Gasteiger partial charge in [-0.3, -0.25) is 9.59 Å². The van der Waals surface area contributed by atoms with Gasteiger partial charge in [-0.05, 0) is 38.3 Å². The molecule has 1 amide bonds. The number of hydrogen-bond donors (Lipinski definition) is 1. The van der Waals surface area contributed by atoms with Crippen LogP contribution < -0.4 is 0 Å². The fourth-order valence-corrected chi connectivity index (χ4v) is 2.82. The second-order valence-corrected chi connectivity index (χ2v) is 6.84. The predicted molar refractivity (Wildman–Crippen MR) is 98.6 cm³/mol. The fourth-order valence-electron chi connectivity index (χ4n) is 2.82. The third-order valence-electron chi connectivity index (χ3n) is 4.20. The van der Waals surface area contributed by atoms with Crippen LogP contribution in [0.1, 0.15) is 62.0 Å². The van der Waals surface area contributed by atoms with Crippen molar-refractivity contribution >= 4 is 11.9 Å². The fraction of sp³-hybridized carbons (Fsp3) is 0.474. The van der Waals surface area contributed by atoms with Crippen molar-refractivity contribution in [3.63, 3.8) is 0 Å². The van der Waals surface area contributed by atoms with Crippen molar-refractivity contribution < 1.29 is 14.7 Å². The summed E-state index contributed by atoms with van der Waals surface area (Å²) < 4.78 is 1.68. The van der Waals surface area contributed by atoms with Gasteiger partial charge in [-0.2, -0.15) is 0 Å². The number of carboxylic acid groups (broad SMARTS) is 1. The second-order valence-electron chi connectivity index (χ2n) is 6.84. The molecule has 0 spiro atoms. The van der Waals surface area contributed by atoms with Crippen molar-refractivity contribution in [1.82, 2.24) is 19.7 Å². The molecule has 7 heteroatoms. The molecule has 0 radical (unpaired) electrons. The summed E-state index contributed by atoms with van der Waals surface area (Å²) in [5.41, 5.74) is 2.01. The van der Waals surface area contributed by atoms with Crippen molar-refractivity contribution in [2.75, 3.05) is 6.54 Å². The molecule has 0 saturated carbocycles. The molecule has 0 aliphatic carbocycles. The standard InChI is InChI=1S/C19H26N4O3/c1-12(2)15-8-6-7-9-16(15)23-14(5)20-18(21-23)19(26)22(13(3)4)11-10-17(24)25/h6-9,12-13H,10-11H2,1-5H3,(H,24,25). The molecule has 2 aromatic rings. The molecule has 0 atom stereocenters. The maximum absolute atomic E-state index is 12.8. The SMILES string of the molecule is Cc1nc(C(=O)N(CCC(=O)O)C(C)C)nn1-c1ccccc1C(C)C. The van der Waals surface area contributed by atoms with Gasteiger partial charge in [0.1, 0.15) is 5.82 Å². The summed E-state index contributed by atoms with van der Waals surface area (Å²) in [5.74, 6) is -0.297. The zero-order valence-electron chi connectivity index (χ0n) is 15.9. The highest BCUT2D eigenvalue weighted by molar-refractivity contribution is 5.91. The average Bonchev–Trinajstić information content (AvgIpc) is 2.96. The highest BCUT2D eigenvalue weighted by Crippen LogP contribution is 2.23. The molecular weight excluding hydrogens is 332 g/mol. The Kier molecular flexibility index (Phi) is 6.13. The van der Waals surface area contributed by atoms with E-state index in [1.54, 1.807) is 11.6 Å². The van der Waals surface area contributed by atoms with E-state index >= 15 is 0 Å². The molecule has 26 heavy (non-hydrogen) atoms. The topological polar surface area (TPSA) is 88.3 Å². The molecule has 7 nitrogen and oxygen atoms in total. The third kappa shape index (κ3) is 4.28. The lowest BCUT2D eigenvalue weighted by molar-refractivity contribution is -0.137. The van der Waals surface area contributed by atoms with E-state index in [0.717, 1.165) is 11.3 Å². The first-order valence-electron chi connectivity index (χ1n) is 8.78. The normalized spacial score (nSPS) is 11.2. The maximum Gasteiger partial charge on any atom is 0.305 e. The summed E-state index contributed by atoms with van der Waals surface area (Å²) in [7, 11) is 0. The predicted octanol–water partition coefficient (Wildman–Crippen LogP) is 3.02. The van der Waals surface area contributed by atoms with Crippen LogP contribution in [-0.2, 0) is 4.79 Å². The van der Waals surface area contributed by atoms with E-state index in [1.165, 1.54) is 4.90 Å². The number of aryl methyl sites for hydroxylation is 1. The van der Waals surface area contributed by atoms with E-state index in [9.17, 15) is 9.59 Å². The minimum atomic E-state index is -0.941. The Labute approximate surface area is 153 Å². The van der Waals surface area contributed by atoms with Crippen molar-refractivity contribution in [1.29, 1.82) is 0 Å². The molecule has 0 aliphatic heterocycles. The summed E-state index contributed by atoms with van der Waals surface area (Å²) in [5, 5.41) is 13.3. The van der Waals surface area contributed by atoms with E-state index in [2.05, 4.69) is 23.9 Å². The van der Waals surface area contributed by atoms with Gasteiger partial charge in [-0.25, -0.2) is 9.67 Å². The van der Waals surface area contributed by atoms with Gasteiger partial charge >= 0.3 is 5.97 Å². The summed E-state index contributed by atoms with van der Waals surface area (Å²) in [6.45, 7) is 9.82. The summed E-state index contributed by atoms with van der Waals surface area (Å²) in [4.78, 5) is 29.5. The lowest BCUT2D eigenvalue weighted by Crippen LogP contribution is -2.39. The number of benzene rings is 1. The van der Waals surface area contributed by atoms with Crippen molar-refractivity contribution in [2.45, 2.75) is 53.0 Å². The van der Waals surface area contributed by atoms with E-state index in [0.29, 0.717) is 11.7 Å². The van der Waals surface area contributed by atoms with Crippen molar-refractivity contribution in [3.8, 4) is 5.69 Å². The molecule has 0 fully saturated rings. The van der Waals surface area contributed by atoms with E-state index in [1.807, 2.05) is 38.1 Å². The van der Waals surface area contributed by atoms with Crippen LogP contribution in [0.25, 0.3) is 5.69 Å². The lowest BCUT2D eigenvalue weighted by atomic mass is 10.0. The molecular formula is C19H26N4O3. The number of aliphatic carboxylic acids is 1. The Hall–Kier alpha value is -2.70. The molecule has 0 saturated heterocycles. The van der Waals surface area contributed by atoms with Crippen LogP contribution in [0.5, 0.6) is 0 Å². The molecule has 140 valence electrons. The summed E-state index contributed by atoms with van der Waals surface area (Å²) in [6, 6.07) is 7.75. The van der Waals surface area contributed by atoms with Crippen LogP contribution >= 0.6 is 0 Å². The highest BCUT2D eigenvalue weighted by Gasteiger charge is 2.25. The lowest BCUT2D eigenvalue weighted by Gasteiger charge is -2.24. The summed E-state index contributed by atoms with van der Waals surface area (Å²) in [6.07, 6.45) is -0.111. The Morgan fingerprint density at radius 2 is 1.85 bits per heavy atom. The first-order chi connectivity index (χ1) is 12.2. The molecule has 1 aromatic carbocycles. The number of para-hydroxylation sites is 1. The molecule has 1 aromatic heterocycles. The maximum atomic E-state index is 12.8. The number of carboxylic acids is 1. The van der Waals surface area contributed by atoms with Gasteiger partial charge in [-0.15, -0.1) is 5.10 Å². The van der Waals surface area contributed by atoms with Gasteiger partial charge in [0.25, 0.3) is 5.91 Å². The van der Waals surface area contributed by atoms with Gasteiger partial charge in [0, 0.05) is 12.6 Å². The molecule has 0 bridgehead atoms. The third-order valence-corrected chi connectivity index (χ3v) is 4.20. The van der Waals surface area contributed by atoms with Gasteiger partial charge < -0.3 is 10.0 Å². The molecule has 2 rings (SSSR count). The number of carbonyl (C=O) groups excluding carboxylic acids is 1. The van der Waals surface area contributed by atoms with Gasteiger partial charge in [0.05, 0.1) is 12.1 Å². The minimum Gasteiger partial charge on any atom is -0.481 e. The number of hydrogen-bond acceptors (Lipinski definition) is 4. The van der Waals surface area contributed by atoms with Crippen LogP contribution in [0.3, 0.4) is 0 Å². The quantitative estimate of drug-likeness (QED) is 0.822. The minimum absolute atomic E-state index is 0.0835. The average molecular weight is 358 g/mol. The van der Waals surface area contributed by atoms with Crippen molar-refractivity contribution in [3.05, 3.63) is 41.5 Å². The zero-order valence-corrected chi connectivity index (χ0v) is 15.9. The molecule has 1 heterocycles. The molecule has 0 unspecified atom stereocenters. The zero-order chi connectivity index (χ0) is 19.4. The first kappa shape index (κ1) is 19.6. The van der Waals surface area contributed by atoms with E-state index in [-0.39, 0.29) is 30.7 Å². The van der Waals surface area contributed by atoms with E-state index in [4.69, 9.17) is 5.11 Å². The number of nitrogens with zero attached hydrogens (tertiary/aromatic N) is 4. The number of carbonyl (C=O) groups is 2. The highest BCUT2D eigenvalue weighted by atomic mass is 16.4. The molecule has 1 N–H and O–H groups in total. The Morgan fingerprint density at radius 3 is 2.42 bits per heavy atom. The summed E-state index contributed by atoms with van der Waals surface area (Å²) >= 11 is 0. The smallest absolute Gasteiger partial charge is 0.305 e. The van der Waals surface area contributed by atoms with Gasteiger partial charge in [0.15, 0.2) is 0 Å². The Bertz CT molecular complexity index is 796. The number of amides is 1. The number of aromatic nitrogens is 3. The van der Waals surface area contributed by atoms with Crippen LogP contribution in [-0.4, -0.2) is 49.2 Å². The van der Waals surface area contributed by atoms with Gasteiger partial charge in [0.2, 0.25) is 5.82 Å². The van der Waals surface area contributed by atoms with Crippen LogP contribution in [0.4, 0.5) is 0 Å². The largest absolute Gasteiger partial charge is 0.481 e. The van der Waals surface area contributed by atoms with Crippen molar-refractivity contribution in [2.24, 2.45) is 0 Å². The van der Waals surface area contributed by atoms with Gasteiger partial charge in [-0.1, -0.05) is 32.0 Å². The number of rotatable bonds is 7. The van der Waals surface area contributed by atoms with Crippen LogP contribution in [0.2, 0.25) is 0 Å². The Balaban J connectivity index is 2.37.